The molecule has 0 aliphatic rings. The Labute approximate surface area is 153 Å². The van der Waals surface area contributed by atoms with Gasteiger partial charge in [0, 0.05) is 17.1 Å². The largest absolute Gasteiger partial charge is 0.482 e. The van der Waals surface area contributed by atoms with Crippen molar-refractivity contribution in [1.29, 1.82) is 0 Å². The number of thiazole rings is 1. The molecule has 0 bridgehead atoms. The highest BCUT2D eigenvalue weighted by atomic mass is 32.1. The van der Waals surface area contributed by atoms with Crippen molar-refractivity contribution in [2.75, 3.05) is 13.7 Å². The highest BCUT2D eigenvalue weighted by molar-refractivity contribution is 7.13. The Morgan fingerprint density at radius 1 is 1.19 bits per heavy atom. The van der Waals surface area contributed by atoms with E-state index in [2.05, 4.69) is 9.84 Å². The van der Waals surface area contributed by atoms with Gasteiger partial charge in [-0.1, -0.05) is 6.07 Å². The van der Waals surface area contributed by atoms with Crippen LogP contribution in [-0.4, -0.2) is 34.3 Å². The Kier molecular flexibility index (Phi) is 4.37. The van der Waals surface area contributed by atoms with E-state index in [4.69, 9.17) is 9.72 Å². The van der Waals surface area contributed by atoms with Crippen LogP contribution in [0.4, 0.5) is 0 Å². The smallest absolute Gasteiger partial charge is 0.343 e. The molecule has 0 spiro atoms. The van der Waals surface area contributed by atoms with Crippen LogP contribution in [0, 0.1) is 0 Å². The topological polar surface area (TPSA) is 65.7 Å². The van der Waals surface area contributed by atoms with Crippen LogP contribution in [0.5, 0.6) is 5.75 Å². The lowest BCUT2D eigenvalue weighted by Gasteiger charge is -2.05. The van der Waals surface area contributed by atoms with Crippen molar-refractivity contribution in [3.8, 4) is 27.6 Å². The van der Waals surface area contributed by atoms with Gasteiger partial charge in [-0.2, -0.15) is 5.10 Å². The molecule has 4 aromatic rings. The second kappa shape index (κ2) is 6.97. The van der Waals surface area contributed by atoms with Crippen molar-refractivity contribution >= 4 is 22.8 Å². The number of hydrogen-bond donors (Lipinski definition) is 0. The van der Waals surface area contributed by atoms with E-state index < -0.39 is 5.97 Å². The number of esters is 1. The van der Waals surface area contributed by atoms with Crippen LogP contribution in [0.25, 0.3) is 27.3 Å². The standard InChI is InChI=1S/C19H15N3O3S/c1-24-18(23)11-25-14-7-5-13(6-8-14)16-12-26-19(21-16)15-10-20-22-9-3-2-4-17(15)22/h2-10,12H,11H2,1H3. The molecule has 4 rings (SSSR count). The minimum Gasteiger partial charge on any atom is -0.482 e. The molecule has 0 radical (unpaired) electrons. The van der Waals surface area contributed by atoms with Gasteiger partial charge in [-0.25, -0.2) is 14.3 Å². The molecule has 3 heterocycles. The summed E-state index contributed by atoms with van der Waals surface area (Å²) in [4.78, 5) is 15.9. The maximum absolute atomic E-state index is 11.1. The maximum atomic E-state index is 11.1. The number of benzene rings is 1. The molecular formula is C19H15N3O3S. The zero-order valence-corrected chi connectivity index (χ0v) is 14.8. The summed E-state index contributed by atoms with van der Waals surface area (Å²) in [6.07, 6.45) is 3.75. The fourth-order valence-electron chi connectivity index (χ4n) is 2.55. The Hall–Kier alpha value is -3.19. The third kappa shape index (κ3) is 3.16. The Bertz CT molecular complexity index is 1050. The number of pyridine rings is 1. The maximum Gasteiger partial charge on any atom is 0.343 e. The number of carbonyl (C=O) groups is 1. The lowest BCUT2D eigenvalue weighted by molar-refractivity contribution is -0.142. The predicted molar refractivity (Wildman–Crippen MR) is 99.2 cm³/mol. The first-order valence-electron chi connectivity index (χ1n) is 7.93. The minimum atomic E-state index is -0.411. The van der Waals surface area contributed by atoms with Gasteiger partial charge in [0.25, 0.3) is 0 Å². The minimum absolute atomic E-state index is 0.106. The fourth-order valence-corrected chi connectivity index (χ4v) is 3.40. The van der Waals surface area contributed by atoms with E-state index in [1.165, 1.54) is 7.11 Å². The summed E-state index contributed by atoms with van der Waals surface area (Å²) in [5.41, 5.74) is 3.91. The average molecular weight is 365 g/mol. The highest BCUT2D eigenvalue weighted by Gasteiger charge is 2.11. The number of fused-ring (bicyclic) bond motifs is 1. The van der Waals surface area contributed by atoms with Crippen molar-refractivity contribution in [3.05, 3.63) is 60.2 Å². The van der Waals surface area contributed by atoms with Crippen LogP contribution >= 0.6 is 11.3 Å². The van der Waals surface area contributed by atoms with Crippen LogP contribution in [0.3, 0.4) is 0 Å². The molecular weight excluding hydrogens is 350 g/mol. The first kappa shape index (κ1) is 16.3. The lowest BCUT2D eigenvalue weighted by atomic mass is 10.2. The van der Waals surface area contributed by atoms with Crippen molar-refractivity contribution in [2.24, 2.45) is 0 Å². The number of nitrogens with zero attached hydrogens (tertiary/aromatic N) is 3. The molecule has 1 aromatic carbocycles. The molecule has 7 heteroatoms. The summed E-state index contributed by atoms with van der Waals surface area (Å²) in [6.45, 7) is -0.106. The van der Waals surface area contributed by atoms with Gasteiger partial charge in [-0.15, -0.1) is 11.3 Å². The van der Waals surface area contributed by atoms with E-state index in [1.807, 2.05) is 64.8 Å². The summed E-state index contributed by atoms with van der Waals surface area (Å²) < 4.78 is 11.7. The van der Waals surface area contributed by atoms with E-state index in [9.17, 15) is 4.79 Å². The molecule has 130 valence electrons. The number of ether oxygens (including phenoxy) is 2. The van der Waals surface area contributed by atoms with Gasteiger partial charge >= 0.3 is 5.97 Å². The molecule has 0 atom stereocenters. The Balaban J connectivity index is 1.55. The van der Waals surface area contributed by atoms with Crippen molar-refractivity contribution < 1.29 is 14.3 Å². The predicted octanol–water partition coefficient (Wildman–Crippen LogP) is 3.68. The van der Waals surface area contributed by atoms with E-state index in [0.29, 0.717) is 5.75 Å². The fraction of sp³-hybridized carbons (Fsp3) is 0.105. The van der Waals surface area contributed by atoms with Gasteiger partial charge in [0.05, 0.1) is 30.1 Å². The number of hydrogen-bond acceptors (Lipinski definition) is 6. The molecule has 0 aliphatic heterocycles. The normalized spacial score (nSPS) is 10.8. The van der Waals surface area contributed by atoms with Crippen molar-refractivity contribution in [1.82, 2.24) is 14.6 Å². The third-order valence-electron chi connectivity index (χ3n) is 3.90. The van der Waals surface area contributed by atoms with Gasteiger partial charge in [-0.3, -0.25) is 0 Å². The molecule has 0 N–H and O–H groups in total. The average Bonchev–Trinajstić information content (AvgIpc) is 3.33. The zero-order chi connectivity index (χ0) is 17.9. The molecule has 0 fully saturated rings. The van der Waals surface area contributed by atoms with Gasteiger partial charge in [0.1, 0.15) is 10.8 Å². The quantitative estimate of drug-likeness (QED) is 0.505. The molecule has 0 saturated carbocycles. The van der Waals surface area contributed by atoms with Gasteiger partial charge < -0.3 is 9.47 Å². The van der Waals surface area contributed by atoms with E-state index in [-0.39, 0.29) is 6.61 Å². The molecule has 0 saturated heterocycles. The van der Waals surface area contributed by atoms with Crippen molar-refractivity contribution in [3.63, 3.8) is 0 Å². The Morgan fingerprint density at radius 2 is 2.04 bits per heavy atom. The first-order chi connectivity index (χ1) is 12.7. The van der Waals surface area contributed by atoms with Crippen LogP contribution in [0.15, 0.2) is 60.2 Å². The van der Waals surface area contributed by atoms with Gasteiger partial charge in [-0.05, 0) is 36.4 Å². The number of carbonyl (C=O) groups excluding carboxylic acids is 1. The second-order valence-corrected chi connectivity index (χ2v) is 6.37. The molecule has 26 heavy (non-hydrogen) atoms. The van der Waals surface area contributed by atoms with E-state index in [1.54, 1.807) is 11.3 Å². The monoisotopic (exact) mass is 365 g/mol. The molecule has 0 amide bonds. The van der Waals surface area contributed by atoms with E-state index >= 15 is 0 Å². The molecule has 0 aliphatic carbocycles. The molecule has 6 nitrogen and oxygen atoms in total. The van der Waals surface area contributed by atoms with Crippen LogP contribution < -0.4 is 4.74 Å². The summed E-state index contributed by atoms with van der Waals surface area (Å²) in [5, 5.41) is 7.30. The van der Waals surface area contributed by atoms with Crippen molar-refractivity contribution in [2.45, 2.75) is 0 Å². The molecule has 3 aromatic heterocycles. The second-order valence-electron chi connectivity index (χ2n) is 5.52. The SMILES string of the molecule is COC(=O)COc1ccc(-c2csc(-c3cnn4ccccc34)n2)cc1. The van der Waals surface area contributed by atoms with Gasteiger partial charge in [0.2, 0.25) is 0 Å². The molecule has 0 unspecified atom stereocenters. The highest BCUT2D eigenvalue weighted by Crippen LogP contribution is 2.31. The zero-order valence-electron chi connectivity index (χ0n) is 14.0. The van der Waals surface area contributed by atoms with Crippen LogP contribution in [-0.2, 0) is 9.53 Å². The van der Waals surface area contributed by atoms with Gasteiger partial charge in [0.15, 0.2) is 6.61 Å². The lowest BCUT2D eigenvalue weighted by Crippen LogP contribution is -2.12. The number of rotatable bonds is 5. The summed E-state index contributed by atoms with van der Waals surface area (Å²) in [7, 11) is 1.33. The van der Waals surface area contributed by atoms with E-state index in [0.717, 1.165) is 27.3 Å². The summed E-state index contributed by atoms with van der Waals surface area (Å²) in [5.74, 6) is 0.198. The number of aromatic nitrogens is 3. The van der Waals surface area contributed by atoms with Crippen LogP contribution in [0.2, 0.25) is 0 Å². The first-order valence-corrected chi connectivity index (χ1v) is 8.81. The van der Waals surface area contributed by atoms with Crippen LogP contribution in [0.1, 0.15) is 0 Å². The Morgan fingerprint density at radius 3 is 2.85 bits per heavy atom. The summed E-state index contributed by atoms with van der Waals surface area (Å²) >= 11 is 1.58. The third-order valence-corrected chi connectivity index (χ3v) is 4.77. The summed E-state index contributed by atoms with van der Waals surface area (Å²) in [6, 6.07) is 13.4. The number of methoxy groups -OCH3 is 1.